The monoisotopic (exact) mass is 343 g/mol. The van der Waals surface area contributed by atoms with Crippen LogP contribution in [0.1, 0.15) is 12.5 Å². The Hall–Kier alpha value is -1.79. The minimum Gasteiger partial charge on any atom is -0.347 e. The number of carbonyl (C=O) groups is 3. The molecule has 8 heteroatoms. The fourth-order valence-corrected chi connectivity index (χ4v) is 2.79. The van der Waals surface area contributed by atoms with Gasteiger partial charge in [-0.15, -0.1) is 0 Å². The Morgan fingerprint density at radius 1 is 1.32 bits per heavy atom. The van der Waals surface area contributed by atoms with Crippen LogP contribution in [-0.4, -0.2) is 48.3 Å². The summed E-state index contributed by atoms with van der Waals surface area (Å²) >= 11 is 12.0. The van der Waals surface area contributed by atoms with Gasteiger partial charge in [0.05, 0.1) is 0 Å². The molecule has 6 nitrogen and oxygen atoms in total. The number of hydrogen-bond donors (Lipinski definition) is 1. The molecule has 4 amide bonds. The number of amides is 4. The Bertz CT molecular complexity index is 663. The molecule has 1 fully saturated rings. The van der Waals surface area contributed by atoms with Crippen LogP contribution in [0.2, 0.25) is 10.0 Å². The second-order valence-corrected chi connectivity index (χ2v) is 6.20. The number of urea groups is 1. The molecule has 1 aromatic rings. The van der Waals surface area contributed by atoms with Gasteiger partial charge in [0.1, 0.15) is 12.1 Å². The molecule has 1 aliphatic heterocycles. The molecule has 1 heterocycles. The normalized spacial score (nSPS) is 21.0. The first-order valence-electron chi connectivity index (χ1n) is 6.46. The number of hydrogen-bond acceptors (Lipinski definition) is 3. The second-order valence-electron chi connectivity index (χ2n) is 5.36. The van der Waals surface area contributed by atoms with Crippen LogP contribution in [0.4, 0.5) is 4.79 Å². The van der Waals surface area contributed by atoms with Crippen LogP contribution < -0.4 is 5.32 Å². The zero-order valence-electron chi connectivity index (χ0n) is 12.3. The van der Waals surface area contributed by atoms with E-state index in [2.05, 4.69) is 5.32 Å². The van der Waals surface area contributed by atoms with Crippen molar-refractivity contribution < 1.29 is 14.4 Å². The van der Waals surface area contributed by atoms with Crippen molar-refractivity contribution in [1.82, 2.24) is 15.1 Å². The highest BCUT2D eigenvalue weighted by Crippen LogP contribution is 2.34. The Morgan fingerprint density at radius 3 is 2.50 bits per heavy atom. The molecule has 0 spiro atoms. The highest BCUT2D eigenvalue weighted by atomic mass is 35.5. The van der Waals surface area contributed by atoms with Gasteiger partial charge in [-0.3, -0.25) is 14.5 Å². The van der Waals surface area contributed by atoms with Crippen molar-refractivity contribution in [2.45, 2.75) is 12.5 Å². The summed E-state index contributed by atoms with van der Waals surface area (Å²) in [6.45, 7) is 1.22. The summed E-state index contributed by atoms with van der Waals surface area (Å²) in [6, 6.07) is 4.03. The molecule has 0 aliphatic carbocycles. The highest BCUT2D eigenvalue weighted by molar-refractivity contribution is 6.35. The molecular weight excluding hydrogens is 329 g/mol. The molecule has 1 saturated heterocycles. The standard InChI is InChI=1S/C14H15Cl2N3O3/c1-14(9-5-4-8(15)6-10(9)16)12(21)19(13(22)17-14)7-11(20)18(2)3/h4-6H,7H2,1-3H3,(H,17,22)/t14-/m0/s1. The maximum atomic E-state index is 12.6. The Balaban J connectivity index is 2.35. The van der Waals surface area contributed by atoms with E-state index >= 15 is 0 Å². The Kier molecular flexibility index (Phi) is 4.35. The summed E-state index contributed by atoms with van der Waals surface area (Å²) in [4.78, 5) is 38.6. The van der Waals surface area contributed by atoms with E-state index in [1.807, 2.05) is 0 Å². The van der Waals surface area contributed by atoms with Gasteiger partial charge in [0.15, 0.2) is 0 Å². The molecule has 22 heavy (non-hydrogen) atoms. The predicted octanol–water partition coefficient (Wildman–Crippen LogP) is 1.85. The van der Waals surface area contributed by atoms with Gasteiger partial charge in [0.25, 0.3) is 5.91 Å². The van der Waals surface area contributed by atoms with E-state index in [1.165, 1.54) is 11.0 Å². The molecule has 1 N–H and O–H groups in total. The van der Waals surface area contributed by atoms with Crippen molar-refractivity contribution in [1.29, 1.82) is 0 Å². The van der Waals surface area contributed by atoms with Crippen LogP contribution in [0.15, 0.2) is 18.2 Å². The smallest absolute Gasteiger partial charge is 0.325 e. The van der Waals surface area contributed by atoms with E-state index in [-0.39, 0.29) is 17.5 Å². The van der Waals surface area contributed by atoms with Gasteiger partial charge >= 0.3 is 6.03 Å². The van der Waals surface area contributed by atoms with E-state index in [0.717, 1.165) is 4.90 Å². The fraction of sp³-hybridized carbons (Fsp3) is 0.357. The van der Waals surface area contributed by atoms with Crippen molar-refractivity contribution in [3.8, 4) is 0 Å². The first-order chi connectivity index (χ1) is 10.2. The first kappa shape index (κ1) is 16.6. The zero-order valence-corrected chi connectivity index (χ0v) is 13.8. The van der Waals surface area contributed by atoms with Crippen molar-refractivity contribution in [3.05, 3.63) is 33.8 Å². The number of nitrogens with zero attached hydrogens (tertiary/aromatic N) is 2. The second kappa shape index (κ2) is 5.78. The summed E-state index contributed by atoms with van der Waals surface area (Å²) in [5.74, 6) is -0.883. The molecule has 1 atom stereocenters. The van der Waals surface area contributed by atoms with Crippen molar-refractivity contribution in [2.75, 3.05) is 20.6 Å². The van der Waals surface area contributed by atoms with Crippen LogP contribution in [0.5, 0.6) is 0 Å². The number of carbonyl (C=O) groups excluding carboxylic acids is 3. The average Bonchev–Trinajstić information content (AvgIpc) is 2.62. The molecule has 0 bridgehead atoms. The molecule has 0 radical (unpaired) electrons. The molecule has 1 aromatic carbocycles. The number of benzene rings is 1. The van der Waals surface area contributed by atoms with E-state index in [4.69, 9.17) is 23.2 Å². The Morgan fingerprint density at radius 2 is 1.95 bits per heavy atom. The van der Waals surface area contributed by atoms with E-state index in [9.17, 15) is 14.4 Å². The lowest BCUT2D eigenvalue weighted by Gasteiger charge is -2.23. The maximum Gasteiger partial charge on any atom is 0.325 e. The zero-order chi connectivity index (χ0) is 16.7. The van der Waals surface area contributed by atoms with Gasteiger partial charge in [-0.1, -0.05) is 29.3 Å². The minimum absolute atomic E-state index is 0.268. The number of likely N-dealkylation sites (N-methyl/N-ethyl adjacent to an activating group) is 1. The third-order valence-electron chi connectivity index (χ3n) is 3.54. The van der Waals surface area contributed by atoms with Crippen molar-refractivity contribution in [2.24, 2.45) is 0 Å². The van der Waals surface area contributed by atoms with Crippen LogP contribution in [0, 0.1) is 0 Å². The van der Waals surface area contributed by atoms with Gasteiger partial charge < -0.3 is 10.2 Å². The fourth-order valence-electron chi connectivity index (χ4n) is 2.19. The van der Waals surface area contributed by atoms with Gasteiger partial charge in [0.2, 0.25) is 5.91 Å². The summed E-state index contributed by atoms with van der Waals surface area (Å²) in [6.07, 6.45) is 0. The Labute approximate surface area is 138 Å². The van der Waals surface area contributed by atoms with E-state index < -0.39 is 17.5 Å². The number of imide groups is 1. The third kappa shape index (κ3) is 2.76. The molecule has 2 rings (SSSR count). The maximum absolute atomic E-state index is 12.6. The molecular formula is C14H15Cl2N3O3. The van der Waals surface area contributed by atoms with Crippen LogP contribution in [0.25, 0.3) is 0 Å². The quantitative estimate of drug-likeness (QED) is 0.851. The lowest BCUT2D eigenvalue weighted by atomic mass is 9.92. The largest absolute Gasteiger partial charge is 0.347 e. The van der Waals surface area contributed by atoms with Crippen LogP contribution in [-0.2, 0) is 15.1 Å². The summed E-state index contributed by atoms with van der Waals surface area (Å²) in [5, 5.41) is 3.28. The summed E-state index contributed by atoms with van der Waals surface area (Å²) in [5.41, 5.74) is -0.901. The van der Waals surface area contributed by atoms with Gasteiger partial charge in [-0.2, -0.15) is 0 Å². The molecule has 0 saturated carbocycles. The molecule has 0 unspecified atom stereocenters. The summed E-state index contributed by atoms with van der Waals surface area (Å²) in [7, 11) is 3.10. The van der Waals surface area contributed by atoms with Crippen LogP contribution >= 0.6 is 23.2 Å². The molecule has 1 aliphatic rings. The highest BCUT2D eigenvalue weighted by Gasteiger charge is 2.50. The third-order valence-corrected chi connectivity index (χ3v) is 4.08. The van der Waals surface area contributed by atoms with Gasteiger partial charge in [-0.25, -0.2) is 4.79 Å². The van der Waals surface area contributed by atoms with Gasteiger partial charge in [-0.05, 0) is 19.1 Å². The van der Waals surface area contributed by atoms with E-state index in [0.29, 0.717) is 10.6 Å². The van der Waals surface area contributed by atoms with Crippen molar-refractivity contribution in [3.63, 3.8) is 0 Å². The molecule has 118 valence electrons. The first-order valence-corrected chi connectivity index (χ1v) is 7.22. The topological polar surface area (TPSA) is 69.7 Å². The number of rotatable bonds is 3. The van der Waals surface area contributed by atoms with Crippen LogP contribution in [0.3, 0.4) is 0 Å². The average molecular weight is 344 g/mol. The minimum atomic E-state index is -1.33. The van der Waals surface area contributed by atoms with Crippen molar-refractivity contribution >= 4 is 41.0 Å². The van der Waals surface area contributed by atoms with E-state index in [1.54, 1.807) is 33.2 Å². The van der Waals surface area contributed by atoms with Gasteiger partial charge in [0, 0.05) is 29.7 Å². The summed E-state index contributed by atoms with van der Waals surface area (Å²) < 4.78 is 0. The number of halogens is 2. The lowest BCUT2D eigenvalue weighted by Crippen LogP contribution is -2.43. The lowest BCUT2D eigenvalue weighted by molar-refractivity contribution is -0.137. The molecule has 0 aromatic heterocycles. The SMILES string of the molecule is CN(C)C(=O)CN1C(=O)N[C@@](C)(c2ccc(Cl)cc2Cl)C1=O. The predicted molar refractivity (Wildman–Crippen MR) is 82.8 cm³/mol. The number of nitrogens with one attached hydrogen (secondary N) is 1.